The van der Waals surface area contributed by atoms with Gasteiger partial charge in [-0.25, -0.2) is 4.79 Å². The maximum absolute atomic E-state index is 13.8. The number of nitrogens with zero attached hydrogens (tertiary/aromatic N) is 1. The van der Waals surface area contributed by atoms with Crippen LogP contribution in [0.1, 0.15) is 34.3 Å². The predicted molar refractivity (Wildman–Crippen MR) is 143 cm³/mol. The molecule has 0 spiro atoms. The van der Waals surface area contributed by atoms with Crippen molar-refractivity contribution < 1.29 is 44.3 Å². The maximum Gasteiger partial charge on any atom is 0.407 e. The molecular weight excluding hydrogens is 593 g/mol. The third-order valence-electron chi connectivity index (χ3n) is 7.72. The van der Waals surface area contributed by atoms with Crippen molar-refractivity contribution in [3.05, 3.63) is 34.1 Å². The Bertz CT molecular complexity index is 1330. The number of rotatable bonds is 5. The van der Waals surface area contributed by atoms with E-state index in [4.69, 9.17) is 45.3 Å². The first-order valence-corrected chi connectivity index (χ1v) is 13.4. The fourth-order valence-corrected chi connectivity index (χ4v) is 6.09. The number of aromatic hydroxyl groups is 1. The molecule has 0 aliphatic heterocycles. The number of hydrogen-bond donors (Lipinski definition) is 6. The van der Waals surface area contributed by atoms with Crippen molar-refractivity contribution in [2.24, 2.45) is 23.5 Å². The number of ketones is 2. The number of carbonyl (C=O) groups excluding carboxylic acids is 4. The molecule has 0 aromatic heterocycles. The molecule has 0 bridgehead atoms. The van der Waals surface area contributed by atoms with Gasteiger partial charge in [-0.2, -0.15) is 0 Å². The average Bonchev–Trinajstić information content (AvgIpc) is 2.83. The fourth-order valence-electron chi connectivity index (χ4n) is 5.93. The Morgan fingerprint density at radius 3 is 2.45 bits per heavy atom. The number of nitrogens with one attached hydrogen (secondary N) is 1. The lowest BCUT2D eigenvalue weighted by Gasteiger charge is -2.48. The van der Waals surface area contributed by atoms with Crippen molar-refractivity contribution in [2.45, 2.75) is 41.3 Å². The molecule has 7 N–H and O–H groups in total. The minimum absolute atomic E-state index is 0.0430. The number of anilines is 1. The number of primary amides is 1. The zero-order valence-corrected chi connectivity index (χ0v) is 23.7. The van der Waals surface area contributed by atoms with E-state index in [-0.39, 0.29) is 42.5 Å². The molecule has 3 aliphatic rings. The summed E-state index contributed by atoms with van der Waals surface area (Å²) in [6.45, 7) is -0.824. The van der Waals surface area contributed by atoms with E-state index in [0.29, 0.717) is 11.3 Å². The highest BCUT2D eigenvalue weighted by atomic mass is 35.6. The number of amides is 2. The number of ether oxygens (including phenoxy) is 1. The lowest BCUT2D eigenvalue weighted by molar-refractivity contribution is -0.167. The molecule has 2 amide bonds. The van der Waals surface area contributed by atoms with Crippen molar-refractivity contribution in [1.29, 1.82) is 0 Å². The highest BCUT2D eigenvalue weighted by molar-refractivity contribution is 6.67. The molecule has 1 saturated carbocycles. The minimum atomic E-state index is -2.61. The van der Waals surface area contributed by atoms with Crippen molar-refractivity contribution in [2.75, 3.05) is 25.6 Å². The maximum atomic E-state index is 13.8. The predicted octanol–water partition coefficient (Wildman–Crippen LogP) is 1.41. The smallest absolute Gasteiger partial charge is 0.407 e. The monoisotopic (exact) mass is 619 g/mol. The summed E-state index contributed by atoms with van der Waals surface area (Å²) in [5.74, 6) is -7.98. The number of hydrogen-bond acceptors (Lipinski definition) is 10. The standard InChI is InChI=1S/C25H28Cl3N3O9/c1-31(2)13-5-10(7-30-23(38)40-8-24(26,27)28)18(33)16-12(13)4-9-3-11-6-14(32)17(22(29)37)21(36)25(11,39)20(35)15(9)19(16)34/h5,9,11,14,17,32-33,35,39H,3-4,6-8H2,1-2H3,(H2,29,37)(H,30,38)/t9-,11+,14?,17?,25+/m1/s1. The number of aliphatic hydroxyl groups excluding tert-OH is 2. The molecule has 1 aromatic carbocycles. The molecule has 0 radical (unpaired) electrons. The molecule has 12 nitrogen and oxygen atoms in total. The number of nitrogens with two attached hydrogens (primary N) is 1. The SMILES string of the molecule is CN(C)c1cc(CNC(=O)OCC(Cl)(Cl)Cl)c(O)c2c1C[C@H]1C[C@H]3CC(O)C(C(N)=O)C(=O)[C@@]3(O)C(O)=C1C2=O. The molecule has 3 aliphatic carbocycles. The number of aliphatic hydroxyl groups is 3. The van der Waals surface area contributed by atoms with E-state index in [1.54, 1.807) is 25.1 Å². The zero-order chi connectivity index (χ0) is 29.9. The summed E-state index contributed by atoms with van der Waals surface area (Å²) in [7, 11) is 3.43. The van der Waals surface area contributed by atoms with Crippen LogP contribution in [0.3, 0.4) is 0 Å². The van der Waals surface area contributed by atoms with Crippen molar-refractivity contribution >= 4 is 64.1 Å². The Hall–Kier alpha value is -2.77. The lowest BCUT2D eigenvalue weighted by Crippen LogP contribution is -2.63. The number of alkyl halides is 3. The number of phenols is 1. The lowest BCUT2D eigenvalue weighted by atomic mass is 9.57. The van der Waals surface area contributed by atoms with Crippen LogP contribution in [0.4, 0.5) is 10.5 Å². The van der Waals surface area contributed by atoms with E-state index in [9.17, 15) is 39.6 Å². The van der Waals surface area contributed by atoms with Gasteiger partial charge in [0.25, 0.3) is 0 Å². The van der Waals surface area contributed by atoms with Gasteiger partial charge in [-0.3, -0.25) is 14.4 Å². The second-order valence-corrected chi connectivity index (χ2v) is 13.0. The Kier molecular flexibility index (Phi) is 7.98. The Morgan fingerprint density at radius 2 is 1.88 bits per heavy atom. The zero-order valence-electron chi connectivity index (χ0n) is 21.4. The first-order valence-electron chi connectivity index (χ1n) is 12.2. The van der Waals surface area contributed by atoms with Gasteiger partial charge >= 0.3 is 6.09 Å². The molecule has 0 heterocycles. The number of fused-ring (bicyclic) bond motifs is 3. The Balaban J connectivity index is 1.75. The van der Waals surface area contributed by atoms with Gasteiger partial charge < -0.3 is 41.1 Å². The summed E-state index contributed by atoms with van der Waals surface area (Å²) in [5.41, 5.74) is 3.35. The van der Waals surface area contributed by atoms with Crippen LogP contribution in [0, 0.1) is 17.8 Å². The van der Waals surface area contributed by atoms with Gasteiger partial charge in [0.15, 0.2) is 17.2 Å². The van der Waals surface area contributed by atoms with Crippen LogP contribution in [-0.2, 0) is 27.3 Å². The first kappa shape index (κ1) is 30.2. The van der Waals surface area contributed by atoms with Gasteiger partial charge in [0.1, 0.15) is 24.0 Å². The quantitative estimate of drug-likeness (QED) is 0.207. The molecule has 1 fully saturated rings. The number of carbonyl (C=O) groups is 4. The first-order chi connectivity index (χ1) is 18.5. The number of Topliss-reactive ketones (excluding diaryl/α,β-unsaturated/α-hetero) is 2. The molecule has 0 saturated heterocycles. The molecule has 2 unspecified atom stereocenters. The molecule has 218 valence electrons. The highest BCUT2D eigenvalue weighted by Gasteiger charge is 2.62. The van der Waals surface area contributed by atoms with Crippen LogP contribution in [0.15, 0.2) is 17.4 Å². The van der Waals surface area contributed by atoms with E-state index >= 15 is 0 Å². The van der Waals surface area contributed by atoms with Gasteiger partial charge in [0.05, 0.1) is 11.7 Å². The summed E-state index contributed by atoms with van der Waals surface area (Å²) < 4.78 is 2.98. The van der Waals surface area contributed by atoms with Gasteiger partial charge in [0.2, 0.25) is 9.70 Å². The van der Waals surface area contributed by atoms with E-state index in [0.717, 1.165) is 0 Å². The molecule has 4 rings (SSSR count). The second-order valence-electron chi connectivity index (χ2n) is 10.4. The van der Waals surface area contributed by atoms with Gasteiger partial charge in [-0.15, -0.1) is 0 Å². The third-order valence-corrected chi connectivity index (χ3v) is 8.04. The second kappa shape index (κ2) is 10.6. The van der Waals surface area contributed by atoms with Crippen LogP contribution < -0.4 is 16.0 Å². The van der Waals surface area contributed by atoms with Gasteiger partial charge in [0, 0.05) is 43.4 Å². The fraction of sp³-hybridized carbons (Fsp3) is 0.520. The highest BCUT2D eigenvalue weighted by Crippen LogP contribution is 2.53. The summed E-state index contributed by atoms with van der Waals surface area (Å²) in [5, 5.41) is 46.5. The van der Waals surface area contributed by atoms with Crippen molar-refractivity contribution in [1.82, 2.24) is 5.32 Å². The number of allylic oxidation sites excluding steroid dienone is 1. The number of phenolic OH excluding ortho intramolecular Hbond substituents is 1. The van der Waals surface area contributed by atoms with Crippen molar-refractivity contribution in [3.8, 4) is 5.75 Å². The summed E-state index contributed by atoms with van der Waals surface area (Å²) in [4.78, 5) is 52.6. The van der Waals surface area contributed by atoms with Crippen LogP contribution in [0.25, 0.3) is 0 Å². The van der Waals surface area contributed by atoms with Gasteiger partial charge in [-0.1, -0.05) is 34.8 Å². The van der Waals surface area contributed by atoms with E-state index in [1.165, 1.54) is 0 Å². The van der Waals surface area contributed by atoms with Gasteiger partial charge in [-0.05, 0) is 36.8 Å². The van der Waals surface area contributed by atoms with E-state index < -0.39 is 74.9 Å². The molecule has 5 atom stereocenters. The van der Waals surface area contributed by atoms with E-state index in [2.05, 4.69) is 5.32 Å². The Labute approximate surface area is 243 Å². The number of benzene rings is 1. The van der Waals surface area contributed by atoms with Crippen LogP contribution in [0.2, 0.25) is 0 Å². The summed E-state index contributed by atoms with van der Waals surface area (Å²) >= 11 is 16.7. The summed E-state index contributed by atoms with van der Waals surface area (Å²) in [6.07, 6.45) is -2.41. The van der Waals surface area contributed by atoms with Crippen LogP contribution in [0.5, 0.6) is 5.75 Å². The molecule has 15 heteroatoms. The molecule has 40 heavy (non-hydrogen) atoms. The third kappa shape index (κ3) is 5.07. The normalized spacial score (nSPS) is 27.9. The molecular formula is C25H28Cl3N3O9. The summed E-state index contributed by atoms with van der Waals surface area (Å²) in [6, 6.07) is 1.58. The number of halogens is 3. The topological polar surface area (TPSA) is 200 Å². The largest absolute Gasteiger partial charge is 0.508 e. The van der Waals surface area contributed by atoms with Crippen LogP contribution in [-0.4, -0.2) is 80.2 Å². The average molecular weight is 621 g/mol. The number of alkyl carbamates (subject to hydrolysis) is 1. The Morgan fingerprint density at radius 1 is 1.23 bits per heavy atom. The van der Waals surface area contributed by atoms with Crippen molar-refractivity contribution in [3.63, 3.8) is 0 Å². The van der Waals surface area contributed by atoms with Crippen LogP contribution >= 0.6 is 34.8 Å². The molecule has 1 aromatic rings. The minimum Gasteiger partial charge on any atom is -0.508 e. The van der Waals surface area contributed by atoms with E-state index in [1.807, 2.05) is 0 Å².